The molecule has 1 saturated heterocycles. The van der Waals surface area contributed by atoms with Gasteiger partial charge in [-0.05, 0) is 74.9 Å². The third kappa shape index (κ3) is 3.37. The summed E-state index contributed by atoms with van der Waals surface area (Å²) in [6.07, 6.45) is 3.15. The third-order valence-electron chi connectivity index (χ3n) is 7.00. The number of nitrogens with one attached hydrogen (secondary N) is 1. The summed E-state index contributed by atoms with van der Waals surface area (Å²) in [6.45, 7) is 5.25. The van der Waals surface area contributed by atoms with Crippen LogP contribution in [0.5, 0.6) is 0 Å². The Morgan fingerprint density at radius 1 is 1.00 bits per heavy atom. The van der Waals surface area contributed by atoms with E-state index in [1.807, 2.05) is 66.9 Å². The minimum atomic E-state index is -1.17. The molecule has 0 bridgehead atoms. The molecule has 0 spiro atoms. The number of aryl methyl sites for hydroxylation is 3. The topological polar surface area (TPSA) is 71.4 Å². The zero-order valence-corrected chi connectivity index (χ0v) is 19.1. The lowest BCUT2D eigenvalue weighted by Crippen LogP contribution is -2.41. The fourth-order valence-electron chi connectivity index (χ4n) is 5.17. The van der Waals surface area contributed by atoms with Crippen molar-refractivity contribution in [3.8, 4) is 5.69 Å². The van der Waals surface area contributed by atoms with Crippen molar-refractivity contribution in [3.05, 3.63) is 88.2 Å². The highest BCUT2D eigenvalue weighted by atomic mass is 16.2. The molecular formula is C27H27N3O3. The monoisotopic (exact) mass is 441 g/mol. The first kappa shape index (κ1) is 21.2. The molecule has 1 N–H and O–H groups in total. The normalized spacial score (nSPS) is 19.7. The molecule has 0 radical (unpaired) electrons. The van der Waals surface area contributed by atoms with Crippen LogP contribution in [0, 0.1) is 13.8 Å². The number of hydrogen-bond acceptors (Lipinski definition) is 3. The van der Waals surface area contributed by atoms with Crippen LogP contribution in [0.25, 0.3) is 5.69 Å². The van der Waals surface area contributed by atoms with Gasteiger partial charge in [0, 0.05) is 22.6 Å². The second kappa shape index (κ2) is 7.73. The lowest BCUT2D eigenvalue weighted by Gasteiger charge is -2.23. The van der Waals surface area contributed by atoms with Crippen molar-refractivity contribution < 1.29 is 14.4 Å². The van der Waals surface area contributed by atoms with Crippen LogP contribution in [0.3, 0.4) is 0 Å². The summed E-state index contributed by atoms with van der Waals surface area (Å²) >= 11 is 0. The molecule has 0 saturated carbocycles. The van der Waals surface area contributed by atoms with Crippen LogP contribution in [-0.4, -0.2) is 33.7 Å². The van der Waals surface area contributed by atoms with Gasteiger partial charge in [-0.3, -0.25) is 14.5 Å². The van der Waals surface area contributed by atoms with E-state index in [0.29, 0.717) is 5.56 Å². The third-order valence-corrected chi connectivity index (χ3v) is 7.00. The van der Waals surface area contributed by atoms with Crippen LogP contribution >= 0.6 is 0 Å². The number of imide groups is 1. The van der Waals surface area contributed by atoms with Crippen molar-refractivity contribution in [3.63, 3.8) is 0 Å². The molecule has 1 aromatic heterocycles. The summed E-state index contributed by atoms with van der Waals surface area (Å²) in [7, 11) is 0. The lowest BCUT2D eigenvalue weighted by molar-refractivity contribution is -0.130. The molecule has 2 heterocycles. The average Bonchev–Trinajstić information content (AvgIpc) is 3.45. The Labute approximate surface area is 193 Å². The van der Waals surface area contributed by atoms with Crippen molar-refractivity contribution in [1.29, 1.82) is 0 Å². The average molecular weight is 442 g/mol. The lowest BCUT2D eigenvalue weighted by atomic mass is 9.89. The maximum absolute atomic E-state index is 13.4. The van der Waals surface area contributed by atoms with E-state index in [4.69, 9.17) is 0 Å². The molecule has 2 aliphatic rings. The standard InChI is InChI=1S/C27H27N3O3/c1-17-14-23(18(2)30(17)22-10-5-4-6-11-22)24(31)16-29-25(32)27(3,28-26(29)33)21-13-12-19-8-7-9-20(19)15-21/h4-6,10-15H,7-9,16H2,1-3H3,(H,28,33). The highest BCUT2D eigenvalue weighted by Crippen LogP contribution is 2.33. The number of rotatable bonds is 5. The van der Waals surface area contributed by atoms with E-state index in [1.54, 1.807) is 6.92 Å². The van der Waals surface area contributed by atoms with Crippen LogP contribution in [0.15, 0.2) is 54.6 Å². The predicted octanol–water partition coefficient (Wildman–Crippen LogP) is 4.23. The van der Waals surface area contributed by atoms with E-state index in [2.05, 4.69) is 11.4 Å². The van der Waals surface area contributed by atoms with Crippen LogP contribution in [0.4, 0.5) is 4.79 Å². The van der Waals surface area contributed by atoms with E-state index < -0.39 is 17.5 Å². The molecule has 3 aromatic rings. The zero-order valence-electron chi connectivity index (χ0n) is 19.1. The Kier molecular flexibility index (Phi) is 4.96. The molecule has 1 aliphatic heterocycles. The van der Waals surface area contributed by atoms with Crippen LogP contribution in [0.1, 0.15) is 51.8 Å². The molecule has 6 nitrogen and oxygen atoms in total. The van der Waals surface area contributed by atoms with E-state index in [-0.39, 0.29) is 12.3 Å². The molecule has 6 heteroatoms. The van der Waals surface area contributed by atoms with Gasteiger partial charge in [-0.2, -0.15) is 0 Å². The van der Waals surface area contributed by atoms with Crippen molar-refractivity contribution in [2.24, 2.45) is 0 Å². The largest absolute Gasteiger partial charge is 0.325 e. The molecule has 1 fully saturated rings. The first-order valence-corrected chi connectivity index (χ1v) is 11.3. The number of fused-ring (bicyclic) bond motifs is 1. The molecule has 1 atom stereocenters. The fourth-order valence-corrected chi connectivity index (χ4v) is 5.17. The highest BCUT2D eigenvalue weighted by molar-refractivity contribution is 6.11. The Morgan fingerprint density at radius 2 is 1.73 bits per heavy atom. The number of ketones is 1. The number of benzene rings is 2. The van der Waals surface area contributed by atoms with Crippen LogP contribution in [0.2, 0.25) is 0 Å². The first-order valence-electron chi connectivity index (χ1n) is 11.3. The second-order valence-corrected chi connectivity index (χ2v) is 9.16. The van der Waals surface area contributed by atoms with Gasteiger partial charge in [-0.25, -0.2) is 4.79 Å². The van der Waals surface area contributed by atoms with E-state index in [9.17, 15) is 14.4 Å². The molecule has 1 aliphatic carbocycles. The Hall–Kier alpha value is -3.67. The van der Waals surface area contributed by atoms with Gasteiger partial charge in [0.15, 0.2) is 5.78 Å². The fraction of sp³-hybridized carbons (Fsp3) is 0.296. The van der Waals surface area contributed by atoms with Gasteiger partial charge in [0.25, 0.3) is 5.91 Å². The maximum atomic E-state index is 13.4. The number of Topliss-reactive ketones (excluding diaryl/α,β-unsaturated/α-hetero) is 1. The van der Waals surface area contributed by atoms with Crippen molar-refractivity contribution in [2.75, 3.05) is 6.54 Å². The molecular weight excluding hydrogens is 414 g/mol. The summed E-state index contributed by atoms with van der Waals surface area (Å²) in [5.41, 5.74) is 5.32. The highest BCUT2D eigenvalue weighted by Gasteiger charge is 2.49. The SMILES string of the molecule is Cc1cc(C(=O)CN2C(=O)NC(C)(c3ccc4c(c3)CCC4)C2=O)c(C)n1-c1ccccc1. The number of carbonyl (C=O) groups excluding carboxylic acids is 3. The van der Waals surface area contributed by atoms with Gasteiger partial charge in [0.2, 0.25) is 0 Å². The second-order valence-electron chi connectivity index (χ2n) is 9.16. The molecule has 168 valence electrons. The quantitative estimate of drug-likeness (QED) is 0.476. The summed E-state index contributed by atoms with van der Waals surface area (Å²) in [5, 5.41) is 2.83. The molecule has 3 amide bonds. The van der Waals surface area contributed by atoms with E-state index in [1.165, 1.54) is 11.1 Å². The Bertz CT molecular complexity index is 1290. The molecule has 1 unspecified atom stereocenters. The van der Waals surface area contributed by atoms with E-state index >= 15 is 0 Å². The van der Waals surface area contributed by atoms with Crippen LogP contribution < -0.4 is 5.32 Å². The van der Waals surface area contributed by atoms with E-state index in [0.717, 1.165) is 46.8 Å². The number of urea groups is 1. The number of aromatic nitrogens is 1. The summed E-state index contributed by atoms with van der Waals surface area (Å²) in [5.74, 6) is -0.650. The van der Waals surface area contributed by atoms with Gasteiger partial charge < -0.3 is 9.88 Å². The minimum Gasteiger partial charge on any atom is -0.319 e. The Balaban J connectivity index is 1.41. The minimum absolute atomic E-state index is 0.257. The number of carbonyl (C=O) groups is 3. The summed E-state index contributed by atoms with van der Waals surface area (Å²) in [6, 6.07) is 17.1. The Morgan fingerprint density at radius 3 is 2.48 bits per heavy atom. The molecule has 5 rings (SSSR count). The van der Waals surface area contributed by atoms with Crippen molar-refractivity contribution in [2.45, 2.75) is 45.6 Å². The van der Waals surface area contributed by atoms with Gasteiger partial charge >= 0.3 is 6.03 Å². The summed E-state index contributed by atoms with van der Waals surface area (Å²) in [4.78, 5) is 40.4. The number of hydrogen-bond donors (Lipinski definition) is 1. The number of nitrogens with zero attached hydrogens (tertiary/aromatic N) is 2. The first-order chi connectivity index (χ1) is 15.8. The van der Waals surface area contributed by atoms with Gasteiger partial charge in [0.1, 0.15) is 5.54 Å². The van der Waals surface area contributed by atoms with Gasteiger partial charge in [0.05, 0.1) is 6.54 Å². The molecule has 33 heavy (non-hydrogen) atoms. The van der Waals surface area contributed by atoms with Gasteiger partial charge in [-0.1, -0.05) is 36.4 Å². The van der Waals surface area contributed by atoms with Crippen molar-refractivity contribution in [1.82, 2.24) is 14.8 Å². The maximum Gasteiger partial charge on any atom is 0.325 e. The summed E-state index contributed by atoms with van der Waals surface area (Å²) < 4.78 is 2.01. The van der Waals surface area contributed by atoms with Crippen molar-refractivity contribution >= 4 is 17.7 Å². The molecule has 2 aromatic carbocycles. The van der Waals surface area contributed by atoms with Crippen LogP contribution in [-0.2, 0) is 23.2 Å². The smallest absolute Gasteiger partial charge is 0.319 e. The number of amides is 3. The zero-order chi connectivity index (χ0) is 23.3. The van der Waals surface area contributed by atoms with Gasteiger partial charge in [-0.15, -0.1) is 0 Å². The predicted molar refractivity (Wildman–Crippen MR) is 126 cm³/mol. The number of para-hydroxylation sites is 1.